The first-order valence-electron chi connectivity index (χ1n) is 7.68. The van der Waals surface area contributed by atoms with Gasteiger partial charge in [0.05, 0.1) is 10.6 Å². The van der Waals surface area contributed by atoms with E-state index < -0.39 is 15.7 Å². The molecule has 1 aromatic carbocycles. The number of aromatic amines is 1. The second-order valence-corrected chi connectivity index (χ2v) is 8.42. The van der Waals surface area contributed by atoms with E-state index in [0.717, 1.165) is 42.9 Å². The lowest BCUT2D eigenvalue weighted by Gasteiger charge is -2.24. The minimum Gasteiger partial charge on any atom is -0.302 e. The van der Waals surface area contributed by atoms with Gasteiger partial charge >= 0.3 is 0 Å². The fraction of sp³-hybridized carbons (Fsp3) is 0.250. The summed E-state index contributed by atoms with van der Waals surface area (Å²) in [5.41, 5.74) is 2.19. The maximum Gasteiger partial charge on any atom is 0.213 e. The number of aromatic nitrogens is 3. The molecule has 0 saturated heterocycles. The summed E-state index contributed by atoms with van der Waals surface area (Å²) in [4.78, 5) is 6.68. The molecule has 0 saturated carbocycles. The quantitative estimate of drug-likeness (QED) is 0.548. The van der Waals surface area contributed by atoms with Crippen LogP contribution in [0.5, 0.6) is 0 Å². The Labute approximate surface area is 148 Å². The monoisotopic (exact) mass is 378 g/mol. The molecule has 9 heteroatoms. The van der Waals surface area contributed by atoms with Crippen LogP contribution in [0.4, 0.5) is 4.39 Å². The van der Waals surface area contributed by atoms with Crippen molar-refractivity contribution in [2.45, 2.75) is 22.8 Å². The van der Waals surface area contributed by atoms with Gasteiger partial charge in [-0.2, -0.15) is 0 Å². The molecule has 0 amide bonds. The molecule has 1 aliphatic rings. The molecule has 0 unspecified atom stereocenters. The minimum atomic E-state index is -3.90. The smallest absolute Gasteiger partial charge is 0.213 e. The molecule has 0 aliphatic carbocycles. The molecule has 2 aromatic heterocycles. The number of rotatable bonds is 2. The van der Waals surface area contributed by atoms with E-state index in [1.165, 1.54) is 12.1 Å². The van der Waals surface area contributed by atoms with E-state index in [1.54, 1.807) is 4.52 Å². The van der Waals surface area contributed by atoms with Crippen LogP contribution in [0.2, 0.25) is 0 Å². The minimum absolute atomic E-state index is 0.0132. The normalized spacial score (nSPS) is 15.4. The highest BCUT2D eigenvalue weighted by atomic mass is 32.2. The van der Waals surface area contributed by atoms with Gasteiger partial charge in [0.1, 0.15) is 10.5 Å². The maximum absolute atomic E-state index is 13.1. The zero-order valence-corrected chi connectivity index (χ0v) is 15.0. The summed E-state index contributed by atoms with van der Waals surface area (Å²) in [5.74, 6) is -0.498. The molecule has 0 spiro atoms. The van der Waals surface area contributed by atoms with Crippen LogP contribution in [0.25, 0.3) is 5.65 Å². The SMILES string of the molecule is CN1CCc2nc3c(S(=O)(=O)c4ccc(F)cc4)c(=S)[nH]n3cc2C1. The van der Waals surface area contributed by atoms with Crippen molar-refractivity contribution in [3.8, 4) is 0 Å². The van der Waals surface area contributed by atoms with Gasteiger partial charge in [0, 0.05) is 31.3 Å². The number of benzene rings is 1. The molecular formula is C16H15FN4O2S2. The molecule has 0 fully saturated rings. The number of H-pyrrole nitrogens is 1. The Hall–Kier alpha value is -2.10. The molecular weight excluding hydrogens is 363 g/mol. The largest absolute Gasteiger partial charge is 0.302 e. The summed E-state index contributed by atoms with van der Waals surface area (Å²) < 4.78 is 40.8. The fourth-order valence-corrected chi connectivity index (χ4v) is 4.96. The topological polar surface area (TPSA) is 70.5 Å². The van der Waals surface area contributed by atoms with Gasteiger partial charge in [-0.1, -0.05) is 12.2 Å². The van der Waals surface area contributed by atoms with Crippen molar-refractivity contribution >= 4 is 27.7 Å². The first-order chi connectivity index (χ1) is 11.9. The third-order valence-corrected chi connectivity index (χ3v) is 6.56. The van der Waals surface area contributed by atoms with Crippen LogP contribution in [0.15, 0.2) is 40.3 Å². The second-order valence-electron chi connectivity index (χ2n) is 6.12. The van der Waals surface area contributed by atoms with E-state index in [9.17, 15) is 12.8 Å². The number of likely N-dealkylation sites (N-methyl/N-ethyl adjacent to an activating group) is 1. The van der Waals surface area contributed by atoms with E-state index in [2.05, 4.69) is 15.0 Å². The predicted octanol–water partition coefficient (Wildman–Crippen LogP) is 2.35. The predicted molar refractivity (Wildman–Crippen MR) is 92.3 cm³/mol. The van der Waals surface area contributed by atoms with Crippen LogP contribution in [0.1, 0.15) is 11.3 Å². The van der Waals surface area contributed by atoms with E-state index in [4.69, 9.17) is 12.2 Å². The van der Waals surface area contributed by atoms with Gasteiger partial charge in [-0.05, 0) is 31.3 Å². The Bertz CT molecular complexity index is 1130. The molecule has 3 aromatic rings. The molecule has 1 aliphatic heterocycles. The first-order valence-corrected chi connectivity index (χ1v) is 9.58. The van der Waals surface area contributed by atoms with Crippen molar-refractivity contribution in [3.63, 3.8) is 0 Å². The van der Waals surface area contributed by atoms with Gasteiger partial charge in [0.2, 0.25) is 9.84 Å². The van der Waals surface area contributed by atoms with Crippen molar-refractivity contribution in [3.05, 3.63) is 52.2 Å². The summed E-state index contributed by atoms with van der Waals surface area (Å²) >= 11 is 5.24. The van der Waals surface area contributed by atoms with Crippen LogP contribution < -0.4 is 0 Å². The average Bonchev–Trinajstić information content (AvgIpc) is 2.88. The van der Waals surface area contributed by atoms with Crippen molar-refractivity contribution in [1.29, 1.82) is 0 Å². The number of nitrogens with one attached hydrogen (secondary N) is 1. The number of halogens is 1. The van der Waals surface area contributed by atoms with Crippen molar-refractivity contribution in [2.75, 3.05) is 13.6 Å². The Balaban J connectivity index is 1.94. The Kier molecular flexibility index (Phi) is 3.75. The van der Waals surface area contributed by atoms with Gasteiger partial charge in [-0.3, -0.25) is 5.10 Å². The third kappa shape index (κ3) is 2.68. The second kappa shape index (κ2) is 5.72. The molecule has 0 radical (unpaired) electrons. The third-order valence-electron chi connectivity index (χ3n) is 4.32. The highest BCUT2D eigenvalue weighted by Gasteiger charge is 2.27. The van der Waals surface area contributed by atoms with Crippen LogP contribution in [0.3, 0.4) is 0 Å². The van der Waals surface area contributed by atoms with E-state index >= 15 is 0 Å². The summed E-state index contributed by atoms with van der Waals surface area (Å²) in [7, 11) is -1.88. The van der Waals surface area contributed by atoms with E-state index in [1.807, 2.05) is 13.2 Å². The zero-order valence-electron chi connectivity index (χ0n) is 13.4. The van der Waals surface area contributed by atoms with Crippen molar-refractivity contribution < 1.29 is 12.8 Å². The van der Waals surface area contributed by atoms with Crippen molar-refractivity contribution in [1.82, 2.24) is 19.5 Å². The first kappa shape index (κ1) is 16.4. The summed E-state index contributed by atoms with van der Waals surface area (Å²) in [6, 6.07) is 4.69. The molecule has 0 atom stereocenters. The maximum atomic E-state index is 13.1. The van der Waals surface area contributed by atoms with Crippen LogP contribution in [-0.2, 0) is 22.8 Å². The molecule has 3 heterocycles. The molecule has 1 N–H and O–H groups in total. The Morgan fingerprint density at radius 3 is 2.72 bits per heavy atom. The van der Waals surface area contributed by atoms with Gasteiger partial charge in [0.15, 0.2) is 10.5 Å². The lowest BCUT2D eigenvalue weighted by Crippen LogP contribution is -2.27. The van der Waals surface area contributed by atoms with Gasteiger partial charge < -0.3 is 4.90 Å². The number of hydrogen-bond donors (Lipinski definition) is 1. The standard InChI is InChI=1S/C16H15FN4O2S2/c1-20-7-6-13-10(8-20)9-21-15(18-13)14(16(24)19-21)25(22,23)12-4-2-11(17)3-5-12/h2-5,9H,6-8H2,1H3,(H,19,24). The summed E-state index contributed by atoms with van der Waals surface area (Å²) in [6.07, 6.45) is 2.59. The Morgan fingerprint density at radius 1 is 1.28 bits per heavy atom. The lowest BCUT2D eigenvalue weighted by molar-refractivity contribution is 0.309. The van der Waals surface area contributed by atoms with Crippen molar-refractivity contribution in [2.24, 2.45) is 0 Å². The van der Waals surface area contributed by atoms with E-state index in [-0.39, 0.29) is 20.1 Å². The van der Waals surface area contributed by atoms with Gasteiger partial charge in [-0.15, -0.1) is 0 Å². The molecule has 130 valence electrons. The fourth-order valence-electron chi connectivity index (χ4n) is 3.04. The molecule has 4 rings (SSSR count). The van der Waals surface area contributed by atoms with Gasteiger partial charge in [-0.25, -0.2) is 22.3 Å². The zero-order chi connectivity index (χ0) is 17.8. The van der Waals surface area contributed by atoms with Crippen LogP contribution >= 0.6 is 12.2 Å². The Morgan fingerprint density at radius 2 is 2.00 bits per heavy atom. The summed E-state index contributed by atoms with van der Waals surface area (Å²) in [5, 5.41) is 2.88. The summed E-state index contributed by atoms with van der Waals surface area (Å²) in [6.45, 7) is 1.61. The number of fused-ring (bicyclic) bond motifs is 2. The number of nitrogens with zero attached hydrogens (tertiary/aromatic N) is 3. The highest BCUT2D eigenvalue weighted by molar-refractivity contribution is 7.92. The van der Waals surface area contributed by atoms with E-state index in [0.29, 0.717) is 0 Å². The number of hydrogen-bond acceptors (Lipinski definition) is 5. The van der Waals surface area contributed by atoms with Gasteiger partial charge in [0.25, 0.3) is 0 Å². The average molecular weight is 378 g/mol. The molecule has 6 nitrogen and oxygen atoms in total. The van der Waals surface area contributed by atoms with Crippen LogP contribution in [-0.4, -0.2) is 41.5 Å². The van der Waals surface area contributed by atoms with Crippen LogP contribution in [0, 0.1) is 10.5 Å². The lowest BCUT2D eigenvalue weighted by atomic mass is 10.1. The number of sulfone groups is 1. The molecule has 0 bridgehead atoms. The molecule has 25 heavy (non-hydrogen) atoms. The highest BCUT2D eigenvalue weighted by Crippen LogP contribution is 2.27.